The van der Waals surface area contributed by atoms with Crippen molar-refractivity contribution >= 4 is 11.6 Å². The van der Waals surface area contributed by atoms with Crippen molar-refractivity contribution in [2.24, 2.45) is 0 Å². The van der Waals surface area contributed by atoms with Crippen LogP contribution in [-0.2, 0) is 0 Å². The zero-order chi connectivity index (χ0) is 14.8. The lowest BCUT2D eigenvalue weighted by molar-refractivity contribution is 0.171. The van der Waals surface area contributed by atoms with Crippen molar-refractivity contribution in [3.05, 3.63) is 58.4 Å². The lowest BCUT2D eigenvalue weighted by Gasteiger charge is -2.22. The van der Waals surface area contributed by atoms with Crippen molar-refractivity contribution in [3.8, 4) is 11.5 Å². The normalized spacial score (nSPS) is 14.8. The van der Waals surface area contributed by atoms with E-state index in [9.17, 15) is 4.39 Å². The molecule has 0 spiro atoms. The van der Waals surface area contributed by atoms with E-state index in [0.29, 0.717) is 29.5 Å². The summed E-state index contributed by atoms with van der Waals surface area (Å²) >= 11 is 5.81. The first-order chi connectivity index (χ1) is 10.2. The van der Waals surface area contributed by atoms with Crippen LogP contribution < -0.4 is 14.8 Å². The Labute approximate surface area is 127 Å². The zero-order valence-electron chi connectivity index (χ0n) is 11.5. The van der Waals surface area contributed by atoms with Crippen molar-refractivity contribution in [3.63, 3.8) is 0 Å². The van der Waals surface area contributed by atoms with Crippen LogP contribution in [0.2, 0.25) is 5.02 Å². The lowest BCUT2D eigenvalue weighted by atomic mass is 9.98. The van der Waals surface area contributed by atoms with Gasteiger partial charge < -0.3 is 14.8 Å². The second kappa shape index (κ2) is 5.92. The molecule has 0 fully saturated rings. The van der Waals surface area contributed by atoms with Crippen LogP contribution in [0.3, 0.4) is 0 Å². The van der Waals surface area contributed by atoms with Crippen LogP contribution in [0.1, 0.15) is 17.2 Å². The topological polar surface area (TPSA) is 30.5 Å². The van der Waals surface area contributed by atoms with Gasteiger partial charge in [-0.05, 0) is 36.9 Å². The van der Waals surface area contributed by atoms with E-state index in [1.807, 2.05) is 18.2 Å². The number of hydrogen-bond donors (Lipinski definition) is 1. The molecular formula is C16H15ClFNO2. The van der Waals surface area contributed by atoms with E-state index in [0.717, 1.165) is 11.3 Å². The second-order valence-corrected chi connectivity index (χ2v) is 5.23. The lowest BCUT2D eigenvalue weighted by Crippen LogP contribution is -2.20. The van der Waals surface area contributed by atoms with Gasteiger partial charge >= 0.3 is 0 Å². The first-order valence-electron chi connectivity index (χ1n) is 6.71. The largest absolute Gasteiger partial charge is 0.486 e. The Kier molecular flexibility index (Phi) is 3.99. The van der Waals surface area contributed by atoms with E-state index in [1.165, 1.54) is 6.07 Å². The van der Waals surface area contributed by atoms with E-state index in [4.69, 9.17) is 21.1 Å². The fourth-order valence-corrected chi connectivity index (χ4v) is 2.64. The Balaban J connectivity index is 1.99. The first kappa shape index (κ1) is 14.2. The number of rotatable bonds is 3. The number of benzene rings is 2. The fraction of sp³-hybridized carbons (Fsp3) is 0.250. The van der Waals surface area contributed by atoms with E-state index in [-0.39, 0.29) is 11.9 Å². The highest BCUT2D eigenvalue weighted by Gasteiger charge is 2.19. The van der Waals surface area contributed by atoms with Gasteiger partial charge in [0.1, 0.15) is 19.0 Å². The van der Waals surface area contributed by atoms with Gasteiger partial charge in [0.2, 0.25) is 0 Å². The zero-order valence-corrected chi connectivity index (χ0v) is 12.3. The highest BCUT2D eigenvalue weighted by molar-refractivity contribution is 6.30. The maximum atomic E-state index is 14.1. The monoisotopic (exact) mass is 307 g/mol. The summed E-state index contributed by atoms with van der Waals surface area (Å²) in [5, 5.41) is 3.50. The SMILES string of the molecule is CNC(c1ccc2c(c1)OCCO2)c1ccc(Cl)cc1F. The van der Waals surface area contributed by atoms with E-state index >= 15 is 0 Å². The van der Waals surface area contributed by atoms with Gasteiger partial charge in [0, 0.05) is 10.6 Å². The Bertz CT molecular complexity index is 663. The molecule has 1 aliphatic rings. The highest BCUT2D eigenvalue weighted by atomic mass is 35.5. The Morgan fingerprint density at radius 2 is 1.86 bits per heavy atom. The molecule has 110 valence electrons. The van der Waals surface area contributed by atoms with Crippen molar-refractivity contribution in [1.82, 2.24) is 5.32 Å². The van der Waals surface area contributed by atoms with Crippen molar-refractivity contribution in [2.75, 3.05) is 20.3 Å². The summed E-state index contributed by atoms with van der Waals surface area (Å²) in [5.74, 6) is 1.07. The molecule has 0 saturated carbocycles. The molecule has 1 atom stereocenters. The van der Waals surface area contributed by atoms with Gasteiger partial charge in [-0.2, -0.15) is 0 Å². The van der Waals surface area contributed by atoms with Crippen LogP contribution in [0.15, 0.2) is 36.4 Å². The van der Waals surface area contributed by atoms with Gasteiger partial charge in [0.15, 0.2) is 11.5 Å². The summed E-state index contributed by atoms with van der Waals surface area (Å²) in [4.78, 5) is 0. The van der Waals surface area contributed by atoms with E-state index < -0.39 is 0 Å². The molecule has 5 heteroatoms. The molecule has 1 aliphatic heterocycles. The molecule has 3 rings (SSSR count). The molecule has 0 aliphatic carbocycles. The molecule has 1 unspecified atom stereocenters. The van der Waals surface area contributed by atoms with Crippen LogP contribution in [0, 0.1) is 5.82 Å². The maximum Gasteiger partial charge on any atom is 0.161 e. The van der Waals surface area contributed by atoms with Crippen LogP contribution in [0.25, 0.3) is 0 Å². The van der Waals surface area contributed by atoms with Crippen molar-refractivity contribution in [1.29, 1.82) is 0 Å². The van der Waals surface area contributed by atoms with Gasteiger partial charge in [-0.3, -0.25) is 0 Å². The Morgan fingerprint density at radius 3 is 2.57 bits per heavy atom. The standard InChI is InChI=1S/C16H15ClFNO2/c1-19-16(12-4-3-11(17)9-13(12)18)10-2-5-14-15(8-10)21-7-6-20-14/h2-5,8-9,16,19H,6-7H2,1H3. The second-order valence-electron chi connectivity index (χ2n) is 4.79. The Morgan fingerprint density at radius 1 is 1.10 bits per heavy atom. The number of nitrogens with one attached hydrogen (secondary N) is 1. The summed E-state index contributed by atoms with van der Waals surface area (Å²) in [6, 6.07) is 10.0. The van der Waals surface area contributed by atoms with E-state index in [1.54, 1.807) is 19.2 Å². The molecule has 1 heterocycles. The van der Waals surface area contributed by atoms with Gasteiger partial charge in [-0.15, -0.1) is 0 Å². The molecule has 0 radical (unpaired) electrons. The molecule has 1 N–H and O–H groups in total. The number of halogens is 2. The van der Waals surface area contributed by atoms with Crippen molar-refractivity contribution in [2.45, 2.75) is 6.04 Å². The molecule has 0 bridgehead atoms. The maximum absolute atomic E-state index is 14.1. The first-order valence-corrected chi connectivity index (χ1v) is 7.08. The smallest absolute Gasteiger partial charge is 0.161 e. The number of fused-ring (bicyclic) bond motifs is 1. The summed E-state index contributed by atoms with van der Waals surface area (Å²) in [6.07, 6.45) is 0. The molecule has 2 aromatic rings. The minimum Gasteiger partial charge on any atom is -0.486 e. The Hall–Kier alpha value is -1.78. The predicted octanol–water partition coefficient (Wildman–Crippen LogP) is 3.56. The van der Waals surface area contributed by atoms with Gasteiger partial charge in [-0.1, -0.05) is 23.7 Å². The molecule has 2 aromatic carbocycles. The minimum absolute atomic E-state index is 0.280. The molecular weight excluding hydrogens is 293 g/mol. The summed E-state index contributed by atoms with van der Waals surface area (Å²) in [6.45, 7) is 1.07. The van der Waals surface area contributed by atoms with Crippen LogP contribution in [0.4, 0.5) is 4.39 Å². The van der Waals surface area contributed by atoms with Gasteiger partial charge in [0.25, 0.3) is 0 Å². The fourth-order valence-electron chi connectivity index (χ4n) is 2.48. The molecule has 21 heavy (non-hydrogen) atoms. The minimum atomic E-state index is -0.336. The van der Waals surface area contributed by atoms with Gasteiger partial charge in [-0.25, -0.2) is 4.39 Å². The van der Waals surface area contributed by atoms with Crippen LogP contribution >= 0.6 is 11.6 Å². The third kappa shape index (κ3) is 2.82. The highest BCUT2D eigenvalue weighted by Crippen LogP contribution is 2.35. The predicted molar refractivity (Wildman–Crippen MR) is 79.7 cm³/mol. The third-order valence-corrected chi connectivity index (χ3v) is 3.70. The number of ether oxygens (including phenoxy) is 2. The quantitative estimate of drug-likeness (QED) is 0.940. The van der Waals surface area contributed by atoms with Gasteiger partial charge in [0.05, 0.1) is 6.04 Å². The van der Waals surface area contributed by atoms with Crippen molar-refractivity contribution < 1.29 is 13.9 Å². The summed E-state index contributed by atoms with van der Waals surface area (Å²) < 4.78 is 25.2. The molecule has 0 aromatic heterocycles. The molecule has 0 amide bonds. The third-order valence-electron chi connectivity index (χ3n) is 3.46. The average Bonchev–Trinajstić information content (AvgIpc) is 2.50. The molecule has 0 saturated heterocycles. The summed E-state index contributed by atoms with van der Waals surface area (Å²) in [7, 11) is 1.79. The van der Waals surface area contributed by atoms with E-state index in [2.05, 4.69) is 5.32 Å². The average molecular weight is 308 g/mol. The van der Waals surface area contributed by atoms with Crippen LogP contribution in [-0.4, -0.2) is 20.3 Å². The van der Waals surface area contributed by atoms with Crippen LogP contribution in [0.5, 0.6) is 11.5 Å². The summed E-state index contributed by atoms with van der Waals surface area (Å²) in [5.41, 5.74) is 1.45. The molecule has 3 nitrogen and oxygen atoms in total. The number of hydrogen-bond acceptors (Lipinski definition) is 3.